The van der Waals surface area contributed by atoms with Gasteiger partial charge in [-0.25, -0.2) is 0 Å². The van der Waals surface area contributed by atoms with E-state index >= 15 is 0 Å². The number of piperidine rings is 1. The monoisotopic (exact) mass is 267 g/mol. The van der Waals surface area contributed by atoms with Crippen LogP contribution in [-0.2, 0) is 0 Å². The molecule has 1 fully saturated rings. The topological polar surface area (TPSA) is 23.5 Å². The Morgan fingerprint density at radius 3 is 2.39 bits per heavy atom. The van der Waals surface area contributed by atoms with E-state index in [1.807, 2.05) is 18.2 Å². The molecule has 1 N–H and O–H groups in total. The van der Waals surface area contributed by atoms with E-state index in [9.17, 15) is 5.11 Å². The molecule has 1 aliphatic rings. The number of anilines is 1. The third kappa shape index (κ3) is 2.99. The SMILES string of the molecule is CC1CC(C)CN(c2ccc([C@H](C)O)cc2Cl)C1. The highest BCUT2D eigenvalue weighted by Crippen LogP contribution is 2.33. The number of aliphatic hydroxyl groups is 1. The first kappa shape index (κ1) is 13.7. The molecule has 1 heterocycles. The molecule has 0 amide bonds. The molecule has 0 saturated carbocycles. The largest absolute Gasteiger partial charge is 0.389 e. The molecular weight excluding hydrogens is 246 g/mol. The average molecular weight is 268 g/mol. The highest BCUT2D eigenvalue weighted by molar-refractivity contribution is 6.33. The molecule has 1 aromatic rings. The number of hydrogen-bond acceptors (Lipinski definition) is 2. The van der Waals surface area contributed by atoms with E-state index in [0.717, 1.165) is 29.4 Å². The van der Waals surface area contributed by atoms with E-state index in [2.05, 4.69) is 18.7 Å². The van der Waals surface area contributed by atoms with Gasteiger partial charge in [0.05, 0.1) is 16.8 Å². The van der Waals surface area contributed by atoms with Crippen molar-refractivity contribution in [2.45, 2.75) is 33.3 Å². The lowest BCUT2D eigenvalue weighted by Gasteiger charge is -2.37. The number of rotatable bonds is 2. The fourth-order valence-electron chi connectivity index (χ4n) is 2.90. The molecule has 0 spiro atoms. The maximum atomic E-state index is 9.56. The van der Waals surface area contributed by atoms with E-state index in [1.165, 1.54) is 6.42 Å². The van der Waals surface area contributed by atoms with Gasteiger partial charge in [-0.1, -0.05) is 31.5 Å². The van der Waals surface area contributed by atoms with Crippen molar-refractivity contribution in [3.05, 3.63) is 28.8 Å². The fraction of sp³-hybridized carbons (Fsp3) is 0.600. The van der Waals surface area contributed by atoms with Crippen molar-refractivity contribution in [3.8, 4) is 0 Å². The maximum Gasteiger partial charge on any atom is 0.0762 e. The molecule has 2 rings (SSSR count). The molecule has 1 aliphatic heterocycles. The van der Waals surface area contributed by atoms with E-state index in [-0.39, 0.29) is 0 Å². The van der Waals surface area contributed by atoms with Crippen molar-refractivity contribution in [2.24, 2.45) is 11.8 Å². The zero-order valence-electron chi connectivity index (χ0n) is 11.4. The lowest BCUT2D eigenvalue weighted by Crippen LogP contribution is -2.38. The van der Waals surface area contributed by atoms with Crippen molar-refractivity contribution in [1.29, 1.82) is 0 Å². The molecule has 1 aromatic carbocycles. The molecule has 0 aliphatic carbocycles. The second kappa shape index (κ2) is 5.50. The van der Waals surface area contributed by atoms with Crippen LogP contribution in [0.1, 0.15) is 38.9 Å². The highest BCUT2D eigenvalue weighted by atomic mass is 35.5. The quantitative estimate of drug-likeness (QED) is 0.879. The van der Waals surface area contributed by atoms with Crippen molar-refractivity contribution in [3.63, 3.8) is 0 Å². The van der Waals surface area contributed by atoms with Gasteiger partial charge in [0.1, 0.15) is 0 Å². The first-order valence-electron chi connectivity index (χ1n) is 6.69. The minimum atomic E-state index is -0.462. The van der Waals surface area contributed by atoms with Crippen LogP contribution in [-0.4, -0.2) is 18.2 Å². The van der Waals surface area contributed by atoms with Crippen LogP contribution in [0.2, 0.25) is 5.02 Å². The third-order valence-corrected chi connectivity index (χ3v) is 3.97. The number of benzene rings is 1. The summed E-state index contributed by atoms with van der Waals surface area (Å²) in [5.74, 6) is 1.42. The normalized spacial score (nSPS) is 26.2. The average Bonchev–Trinajstić information content (AvgIpc) is 2.27. The van der Waals surface area contributed by atoms with Gasteiger partial charge in [-0.3, -0.25) is 0 Å². The summed E-state index contributed by atoms with van der Waals surface area (Å²) in [6.45, 7) is 8.48. The number of nitrogens with zero attached hydrogens (tertiary/aromatic N) is 1. The minimum absolute atomic E-state index is 0.462. The second-order valence-corrected chi connectivity index (χ2v) is 6.15. The van der Waals surface area contributed by atoms with Gasteiger partial charge >= 0.3 is 0 Å². The molecular formula is C15H22ClNO. The van der Waals surface area contributed by atoms with Crippen LogP contribution in [0.4, 0.5) is 5.69 Å². The van der Waals surface area contributed by atoms with Gasteiger partial charge in [-0.05, 0) is 42.9 Å². The lowest BCUT2D eigenvalue weighted by atomic mass is 9.91. The van der Waals surface area contributed by atoms with Gasteiger partial charge in [0.25, 0.3) is 0 Å². The van der Waals surface area contributed by atoms with Crippen LogP contribution in [0, 0.1) is 11.8 Å². The Morgan fingerprint density at radius 1 is 1.28 bits per heavy atom. The van der Waals surface area contributed by atoms with Crippen LogP contribution in [0.25, 0.3) is 0 Å². The van der Waals surface area contributed by atoms with Crippen molar-refractivity contribution < 1.29 is 5.11 Å². The number of hydrogen-bond donors (Lipinski definition) is 1. The Bertz CT molecular complexity index is 409. The smallest absolute Gasteiger partial charge is 0.0762 e. The van der Waals surface area contributed by atoms with Gasteiger partial charge in [0.15, 0.2) is 0 Å². The predicted molar refractivity (Wildman–Crippen MR) is 77.2 cm³/mol. The summed E-state index contributed by atoms with van der Waals surface area (Å²) >= 11 is 6.35. The molecule has 1 saturated heterocycles. The number of aliphatic hydroxyl groups excluding tert-OH is 1. The highest BCUT2D eigenvalue weighted by Gasteiger charge is 2.23. The van der Waals surface area contributed by atoms with E-state index in [4.69, 9.17) is 11.6 Å². The summed E-state index contributed by atoms with van der Waals surface area (Å²) in [7, 11) is 0. The molecule has 18 heavy (non-hydrogen) atoms. The summed E-state index contributed by atoms with van der Waals surface area (Å²) in [6, 6.07) is 5.89. The van der Waals surface area contributed by atoms with Crippen LogP contribution in [0.15, 0.2) is 18.2 Å². The van der Waals surface area contributed by atoms with E-state index < -0.39 is 6.10 Å². The Morgan fingerprint density at radius 2 is 1.89 bits per heavy atom. The van der Waals surface area contributed by atoms with E-state index in [1.54, 1.807) is 6.92 Å². The van der Waals surface area contributed by atoms with Gasteiger partial charge < -0.3 is 10.0 Å². The lowest BCUT2D eigenvalue weighted by molar-refractivity contribution is 0.199. The van der Waals surface area contributed by atoms with Gasteiger partial charge in [0, 0.05) is 13.1 Å². The Hall–Kier alpha value is -0.730. The Balaban J connectivity index is 2.22. The van der Waals surface area contributed by atoms with Crippen LogP contribution in [0.5, 0.6) is 0 Å². The molecule has 0 bridgehead atoms. The Kier molecular flexibility index (Phi) is 4.18. The molecule has 0 aromatic heterocycles. The number of halogens is 1. The van der Waals surface area contributed by atoms with Crippen LogP contribution < -0.4 is 4.90 Å². The van der Waals surface area contributed by atoms with Crippen molar-refractivity contribution in [2.75, 3.05) is 18.0 Å². The molecule has 2 nitrogen and oxygen atoms in total. The van der Waals surface area contributed by atoms with Crippen LogP contribution >= 0.6 is 11.6 Å². The molecule has 100 valence electrons. The van der Waals surface area contributed by atoms with Crippen LogP contribution in [0.3, 0.4) is 0 Å². The molecule has 0 radical (unpaired) electrons. The molecule has 3 atom stereocenters. The van der Waals surface area contributed by atoms with Crippen molar-refractivity contribution in [1.82, 2.24) is 0 Å². The first-order valence-corrected chi connectivity index (χ1v) is 7.07. The summed E-state index contributed by atoms with van der Waals surface area (Å²) in [5, 5.41) is 10.3. The predicted octanol–water partition coefficient (Wildman–Crippen LogP) is 3.88. The third-order valence-electron chi connectivity index (χ3n) is 3.66. The summed E-state index contributed by atoms with van der Waals surface area (Å²) in [4.78, 5) is 2.37. The summed E-state index contributed by atoms with van der Waals surface area (Å²) < 4.78 is 0. The maximum absolute atomic E-state index is 9.56. The Labute approximate surface area is 115 Å². The van der Waals surface area contributed by atoms with E-state index in [0.29, 0.717) is 11.8 Å². The van der Waals surface area contributed by atoms with Crippen molar-refractivity contribution >= 4 is 17.3 Å². The zero-order chi connectivity index (χ0) is 13.3. The minimum Gasteiger partial charge on any atom is -0.389 e. The summed E-state index contributed by atoms with van der Waals surface area (Å²) in [6.07, 6.45) is 0.829. The summed E-state index contributed by atoms with van der Waals surface area (Å²) in [5.41, 5.74) is 1.97. The van der Waals surface area contributed by atoms with Gasteiger partial charge in [-0.2, -0.15) is 0 Å². The molecule has 2 unspecified atom stereocenters. The standard InChI is InChI=1S/C15H22ClNO/c1-10-6-11(2)9-17(8-10)15-5-4-13(12(3)18)7-14(15)16/h4-5,7,10-12,18H,6,8-9H2,1-3H3/t10?,11?,12-/m0/s1. The second-order valence-electron chi connectivity index (χ2n) is 5.74. The first-order chi connectivity index (χ1) is 8.47. The fourth-order valence-corrected chi connectivity index (χ4v) is 3.21. The van der Waals surface area contributed by atoms with Gasteiger partial charge in [-0.15, -0.1) is 0 Å². The molecule has 3 heteroatoms. The van der Waals surface area contributed by atoms with Gasteiger partial charge in [0.2, 0.25) is 0 Å². The zero-order valence-corrected chi connectivity index (χ0v) is 12.1.